The third-order valence-corrected chi connectivity index (χ3v) is 7.48. The number of alkyl halides is 2. The Hall–Kier alpha value is -2.19. The summed E-state index contributed by atoms with van der Waals surface area (Å²) in [5.74, 6) is 0.481. The summed E-state index contributed by atoms with van der Waals surface area (Å²) in [6.07, 6.45) is 0.951. The number of halogens is 2. The highest BCUT2D eigenvalue weighted by atomic mass is 79.9. The van der Waals surface area contributed by atoms with Gasteiger partial charge in [-0.05, 0) is 55.7 Å². The van der Waals surface area contributed by atoms with Crippen LogP contribution in [0.15, 0.2) is 53.6 Å². The maximum atomic E-state index is 12.4. The van der Waals surface area contributed by atoms with E-state index in [4.69, 9.17) is 4.74 Å². The van der Waals surface area contributed by atoms with Crippen molar-refractivity contribution in [2.75, 3.05) is 12.4 Å². The van der Waals surface area contributed by atoms with Gasteiger partial charge in [0.1, 0.15) is 5.75 Å². The molecule has 2 aromatic rings. The van der Waals surface area contributed by atoms with Crippen LogP contribution >= 0.6 is 31.9 Å². The van der Waals surface area contributed by atoms with Crippen molar-refractivity contribution in [3.05, 3.63) is 59.7 Å². The first-order valence-electron chi connectivity index (χ1n) is 9.40. The summed E-state index contributed by atoms with van der Waals surface area (Å²) < 4.78 is 4.76. The maximum Gasteiger partial charge on any atom is 0.248 e. The van der Waals surface area contributed by atoms with E-state index >= 15 is 0 Å². The molecule has 1 fully saturated rings. The first-order chi connectivity index (χ1) is 14.1. The minimum Gasteiger partial charge on any atom is -0.497 e. The van der Waals surface area contributed by atoms with Gasteiger partial charge in [0.05, 0.1) is 27.9 Å². The number of amides is 2. The lowest BCUT2D eigenvalue weighted by atomic mass is 10.1. The van der Waals surface area contributed by atoms with E-state index in [1.807, 2.05) is 62.4 Å². The second kappa shape index (κ2) is 8.89. The zero-order valence-corrected chi connectivity index (χ0v) is 20.1. The average molecular weight is 537 g/mol. The van der Waals surface area contributed by atoms with Gasteiger partial charge in [-0.1, -0.05) is 56.1 Å². The number of rotatable bonds is 7. The van der Waals surface area contributed by atoms with E-state index < -0.39 is 5.41 Å². The van der Waals surface area contributed by atoms with Crippen molar-refractivity contribution in [1.82, 2.24) is 5.43 Å². The van der Waals surface area contributed by atoms with Gasteiger partial charge >= 0.3 is 0 Å². The van der Waals surface area contributed by atoms with Crippen molar-refractivity contribution in [3.63, 3.8) is 0 Å². The average Bonchev–Trinajstić information content (AvgIpc) is 3.25. The molecule has 2 amide bonds. The van der Waals surface area contributed by atoms with E-state index in [9.17, 15) is 9.59 Å². The van der Waals surface area contributed by atoms with Crippen LogP contribution in [0.3, 0.4) is 0 Å². The van der Waals surface area contributed by atoms with Gasteiger partial charge in [0, 0.05) is 5.69 Å². The molecule has 1 saturated carbocycles. The third-order valence-electron chi connectivity index (χ3n) is 5.17. The number of carbonyl (C=O) groups excluding carboxylic acids is 2. The molecular weight excluding hydrogens is 514 g/mol. The van der Waals surface area contributed by atoms with Gasteiger partial charge in [-0.25, -0.2) is 5.43 Å². The fourth-order valence-electron chi connectivity index (χ4n) is 2.92. The minimum absolute atomic E-state index is 0.118. The van der Waals surface area contributed by atoms with Gasteiger partial charge in [0.15, 0.2) is 0 Å². The molecule has 0 radical (unpaired) electrons. The molecular formula is C22H23Br2N3O3. The Morgan fingerprint density at radius 3 is 2.43 bits per heavy atom. The Balaban J connectivity index is 1.60. The van der Waals surface area contributed by atoms with Crippen LogP contribution in [0.4, 0.5) is 5.69 Å². The summed E-state index contributed by atoms with van der Waals surface area (Å²) in [5.41, 5.74) is 5.12. The summed E-state index contributed by atoms with van der Waals surface area (Å²) in [4.78, 5) is 24.7. The van der Waals surface area contributed by atoms with Crippen molar-refractivity contribution in [2.45, 2.75) is 29.9 Å². The molecule has 158 valence electrons. The predicted molar refractivity (Wildman–Crippen MR) is 125 cm³/mol. The molecule has 2 aromatic carbocycles. The Labute approximate surface area is 192 Å². The van der Waals surface area contributed by atoms with Crippen LogP contribution < -0.4 is 15.5 Å². The van der Waals surface area contributed by atoms with E-state index in [0.29, 0.717) is 17.8 Å². The van der Waals surface area contributed by atoms with E-state index in [1.165, 1.54) is 0 Å². The van der Waals surface area contributed by atoms with Gasteiger partial charge in [0.25, 0.3) is 0 Å². The van der Waals surface area contributed by atoms with Crippen LogP contribution in [0.5, 0.6) is 5.75 Å². The van der Waals surface area contributed by atoms with Gasteiger partial charge in [0.2, 0.25) is 11.8 Å². The number of methoxy groups -OCH3 is 1. The smallest absolute Gasteiger partial charge is 0.248 e. The van der Waals surface area contributed by atoms with E-state index in [-0.39, 0.29) is 21.5 Å². The fraction of sp³-hybridized carbons (Fsp3) is 0.318. The number of hydrogen-bond donors (Lipinski definition) is 2. The summed E-state index contributed by atoms with van der Waals surface area (Å²) in [6.45, 7) is 3.68. The number of nitrogens with zero attached hydrogens (tertiary/aromatic N) is 1. The zero-order chi connectivity index (χ0) is 21.9. The number of hydrogen-bond acceptors (Lipinski definition) is 4. The molecule has 1 atom stereocenters. The third kappa shape index (κ3) is 5.10. The molecule has 1 aliphatic carbocycles. The number of anilines is 1. The molecule has 0 bridgehead atoms. The van der Waals surface area contributed by atoms with Crippen molar-refractivity contribution >= 4 is 55.1 Å². The molecule has 0 saturated heterocycles. The Morgan fingerprint density at radius 1 is 1.17 bits per heavy atom. The second-order valence-electron chi connectivity index (χ2n) is 7.51. The molecule has 1 aliphatic rings. The van der Waals surface area contributed by atoms with Gasteiger partial charge in [-0.3, -0.25) is 9.59 Å². The topological polar surface area (TPSA) is 79.8 Å². The number of benzene rings is 2. The Kier molecular flexibility index (Phi) is 6.67. The van der Waals surface area contributed by atoms with E-state index in [2.05, 4.69) is 47.7 Å². The second-order valence-corrected chi connectivity index (χ2v) is 11.3. The largest absolute Gasteiger partial charge is 0.497 e. The molecule has 3 rings (SSSR count). The number of carbonyl (C=O) groups is 2. The lowest BCUT2D eigenvalue weighted by molar-refractivity contribution is -0.125. The highest BCUT2D eigenvalue weighted by Gasteiger charge is 2.66. The highest BCUT2D eigenvalue weighted by molar-refractivity contribution is 9.25. The number of ether oxygens (including phenoxy) is 1. The summed E-state index contributed by atoms with van der Waals surface area (Å²) in [7, 11) is 1.61. The van der Waals surface area contributed by atoms with Crippen LogP contribution in [-0.2, 0) is 16.0 Å². The van der Waals surface area contributed by atoms with Crippen LogP contribution in [0.2, 0.25) is 0 Å². The van der Waals surface area contributed by atoms with Gasteiger partial charge in [-0.2, -0.15) is 5.10 Å². The van der Waals surface area contributed by atoms with Crippen LogP contribution in [0.25, 0.3) is 0 Å². The van der Waals surface area contributed by atoms with E-state index in [1.54, 1.807) is 7.11 Å². The van der Waals surface area contributed by atoms with Crippen LogP contribution in [0.1, 0.15) is 31.4 Å². The molecule has 30 heavy (non-hydrogen) atoms. The van der Waals surface area contributed by atoms with Crippen molar-refractivity contribution < 1.29 is 14.3 Å². The SMILES string of the molecule is COc1ccc(CC(=O)Nc2cccc(/C(C)=N\NC(=O)[C@]3(C)CC3(Br)Br)c2)cc1. The molecule has 0 aliphatic heterocycles. The lowest BCUT2D eigenvalue weighted by Gasteiger charge is -2.11. The molecule has 0 spiro atoms. The fourth-order valence-corrected chi connectivity index (χ4v) is 4.41. The number of nitrogens with one attached hydrogen (secondary N) is 2. The first kappa shape index (κ1) is 22.5. The van der Waals surface area contributed by atoms with Crippen LogP contribution in [0, 0.1) is 5.41 Å². The van der Waals surface area contributed by atoms with Gasteiger partial charge < -0.3 is 10.1 Å². The first-order valence-corrected chi connectivity index (χ1v) is 11.0. The zero-order valence-electron chi connectivity index (χ0n) is 17.0. The summed E-state index contributed by atoms with van der Waals surface area (Å²) in [5, 5.41) is 7.12. The van der Waals surface area contributed by atoms with Crippen molar-refractivity contribution in [2.24, 2.45) is 10.5 Å². The standard InChI is InChI=1S/C22H23Br2N3O3/c1-14(26-27-20(29)21(2)13-22(21,23)24)16-5-4-6-17(12-16)25-19(28)11-15-7-9-18(30-3)10-8-15/h4-10,12H,11,13H2,1-3H3,(H,25,28)(H,27,29)/b26-14-/t21-/m0/s1. The predicted octanol–water partition coefficient (Wildman–Crippen LogP) is 4.61. The Morgan fingerprint density at radius 2 is 1.83 bits per heavy atom. The maximum absolute atomic E-state index is 12.4. The van der Waals surface area contributed by atoms with E-state index in [0.717, 1.165) is 16.9 Å². The molecule has 2 N–H and O–H groups in total. The van der Waals surface area contributed by atoms with Crippen molar-refractivity contribution in [1.29, 1.82) is 0 Å². The highest BCUT2D eigenvalue weighted by Crippen LogP contribution is 2.66. The lowest BCUT2D eigenvalue weighted by Crippen LogP contribution is -2.30. The summed E-state index contributed by atoms with van der Waals surface area (Å²) in [6, 6.07) is 14.7. The molecule has 0 aromatic heterocycles. The molecule has 6 nitrogen and oxygen atoms in total. The van der Waals surface area contributed by atoms with Gasteiger partial charge in [-0.15, -0.1) is 0 Å². The molecule has 0 heterocycles. The van der Waals surface area contributed by atoms with Crippen molar-refractivity contribution in [3.8, 4) is 5.75 Å². The molecule has 0 unspecified atom stereocenters. The normalized spacial score (nSPS) is 19.7. The summed E-state index contributed by atoms with van der Waals surface area (Å²) >= 11 is 6.97. The van der Waals surface area contributed by atoms with Crippen LogP contribution in [-0.4, -0.2) is 27.9 Å². The number of hydrazone groups is 1. The quantitative estimate of drug-likeness (QED) is 0.308. The minimum atomic E-state index is -0.534. The monoisotopic (exact) mass is 535 g/mol. The Bertz CT molecular complexity index is 989. The molecule has 8 heteroatoms.